The van der Waals surface area contributed by atoms with Crippen LogP contribution in [0.1, 0.15) is 17.9 Å². The van der Waals surface area contributed by atoms with Gasteiger partial charge in [0.05, 0.1) is 23.1 Å². The van der Waals surface area contributed by atoms with Gasteiger partial charge in [-0.2, -0.15) is 5.10 Å². The zero-order valence-corrected chi connectivity index (χ0v) is 20.6. The molecule has 2 aromatic rings. The molecule has 5 N–H and O–H groups in total. The van der Waals surface area contributed by atoms with E-state index >= 15 is 0 Å². The number of carbonyl (C=O) groups is 1. The van der Waals surface area contributed by atoms with E-state index in [2.05, 4.69) is 27.2 Å². The SMILES string of the molecule is C=C(/C=C1/NC(=O)CS/C1=N/N)CN[C@H]1CCN(CC2Cn3c(=O)ccc4ccc(F)c2c43)C[C@H]1O. The molecule has 1 aromatic carbocycles. The number of aliphatic hydroxyl groups is 1. The van der Waals surface area contributed by atoms with Crippen molar-refractivity contribution in [2.45, 2.75) is 31.0 Å². The van der Waals surface area contributed by atoms with Crippen molar-refractivity contribution >= 4 is 33.6 Å². The zero-order chi connectivity index (χ0) is 25.4. The monoisotopic (exact) mass is 512 g/mol. The van der Waals surface area contributed by atoms with E-state index in [0.29, 0.717) is 54.4 Å². The molecule has 5 rings (SSSR count). The maximum Gasteiger partial charge on any atom is 0.251 e. The molecular formula is C25H29FN6O3S. The number of nitrogens with zero attached hydrogens (tertiary/aromatic N) is 3. The van der Waals surface area contributed by atoms with Crippen LogP contribution in [-0.4, -0.2) is 69.6 Å². The van der Waals surface area contributed by atoms with Crippen molar-refractivity contribution in [2.24, 2.45) is 10.9 Å². The van der Waals surface area contributed by atoms with Crippen molar-refractivity contribution in [2.75, 3.05) is 31.9 Å². The van der Waals surface area contributed by atoms with Crippen LogP contribution in [0.5, 0.6) is 0 Å². The van der Waals surface area contributed by atoms with Gasteiger partial charge in [0.1, 0.15) is 10.9 Å². The number of amides is 1. The summed E-state index contributed by atoms with van der Waals surface area (Å²) in [6, 6.07) is 6.33. The molecule has 0 radical (unpaired) electrons. The fraction of sp³-hybridized carbons (Fsp3) is 0.400. The van der Waals surface area contributed by atoms with Crippen LogP contribution in [0.25, 0.3) is 10.9 Å². The number of β-amino-alcohol motifs (C(OH)–C–C–N with tert-alkyl or cyclic N) is 1. The van der Waals surface area contributed by atoms with Crippen LogP contribution in [0.3, 0.4) is 0 Å². The van der Waals surface area contributed by atoms with Crippen molar-refractivity contribution in [1.82, 2.24) is 20.1 Å². The number of rotatable bonds is 6. The minimum absolute atomic E-state index is 0.117. The number of hydrogen-bond donors (Lipinski definition) is 4. The van der Waals surface area contributed by atoms with E-state index in [0.717, 1.165) is 17.5 Å². The molecule has 9 nitrogen and oxygen atoms in total. The van der Waals surface area contributed by atoms with Crippen LogP contribution >= 0.6 is 11.8 Å². The molecule has 1 unspecified atom stereocenters. The smallest absolute Gasteiger partial charge is 0.251 e. The minimum Gasteiger partial charge on any atom is -0.390 e. The van der Waals surface area contributed by atoms with Crippen LogP contribution in [-0.2, 0) is 11.3 Å². The van der Waals surface area contributed by atoms with Crippen molar-refractivity contribution in [3.63, 3.8) is 0 Å². The number of hydrazone groups is 1. The van der Waals surface area contributed by atoms with E-state index < -0.39 is 6.10 Å². The van der Waals surface area contributed by atoms with Gasteiger partial charge in [0.15, 0.2) is 0 Å². The van der Waals surface area contributed by atoms with E-state index in [-0.39, 0.29) is 35.0 Å². The second-order valence-electron chi connectivity index (χ2n) is 9.47. The molecule has 2 saturated heterocycles. The topological polar surface area (TPSA) is 125 Å². The maximum atomic E-state index is 14.8. The molecule has 0 aliphatic carbocycles. The molecule has 11 heteroatoms. The number of nitrogens with two attached hydrogens (primary N) is 1. The molecule has 190 valence electrons. The summed E-state index contributed by atoms with van der Waals surface area (Å²) in [5.74, 6) is 5.13. The summed E-state index contributed by atoms with van der Waals surface area (Å²) in [5, 5.41) is 22.0. The van der Waals surface area contributed by atoms with E-state index in [1.807, 2.05) is 0 Å². The number of hydrogen-bond acceptors (Lipinski definition) is 8. The third kappa shape index (κ3) is 4.83. The molecule has 2 fully saturated rings. The Kier molecular flexibility index (Phi) is 6.98. The molecule has 3 atom stereocenters. The van der Waals surface area contributed by atoms with Gasteiger partial charge < -0.3 is 26.1 Å². The van der Waals surface area contributed by atoms with Gasteiger partial charge in [-0.1, -0.05) is 18.3 Å². The Morgan fingerprint density at radius 3 is 2.92 bits per heavy atom. The van der Waals surface area contributed by atoms with Crippen LogP contribution < -0.4 is 22.0 Å². The van der Waals surface area contributed by atoms with Crippen molar-refractivity contribution < 1.29 is 14.3 Å². The number of nitrogens with one attached hydrogen (secondary N) is 2. The Morgan fingerprint density at radius 1 is 1.33 bits per heavy atom. The zero-order valence-electron chi connectivity index (χ0n) is 19.7. The van der Waals surface area contributed by atoms with Crippen molar-refractivity contribution in [3.05, 3.63) is 69.9 Å². The molecule has 1 aromatic heterocycles. The molecule has 3 aliphatic heterocycles. The Balaban J connectivity index is 1.18. The minimum atomic E-state index is -0.613. The van der Waals surface area contributed by atoms with E-state index in [9.17, 15) is 19.1 Å². The third-order valence-electron chi connectivity index (χ3n) is 6.99. The Morgan fingerprint density at radius 2 is 2.14 bits per heavy atom. The fourth-order valence-corrected chi connectivity index (χ4v) is 5.99. The lowest BCUT2D eigenvalue weighted by molar-refractivity contribution is -0.117. The fourth-order valence-electron chi connectivity index (χ4n) is 5.31. The number of aliphatic hydroxyl groups excluding tert-OH is 1. The average molecular weight is 513 g/mol. The number of halogens is 1. The summed E-state index contributed by atoms with van der Waals surface area (Å²) >= 11 is 1.27. The number of piperidine rings is 1. The first-order chi connectivity index (χ1) is 17.3. The van der Waals surface area contributed by atoms with Crippen LogP contribution in [0.4, 0.5) is 4.39 Å². The molecule has 1 amide bonds. The first kappa shape index (κ1) is 24.7. The van der Waals surface area contributed by atoms with Crippen molar-refractivity contribution in [3.8, 4) is 0 Å². The predicted molar refractivity (Wildman–Crippen MR) is 139 cm³/mol. The van der Waals surface area contributed by atoms with Gasteiger partial charge in [0.2, 0.25) is 5.91 Å². The summed E-state index contributed by atoms with van der Waals surface area (Å²) in [6.45, 7) is 6.66. The highest BCUT2D eigenvalue weighted by molar-refractivity contribution is 8.15. The molecule has 0 spiro atoms. The number of likely N-dealkylation sites (tertiary alicyclic amines) is 1. The van der Waals surface area contributed by atoms with E-state index in [4.69, 9.17) is 5.84 Å². The average Bonchev–Trinajstić information content (AvgIpc) is 3.24. The van der Waals surface area contributed by atoms with Gasteiger partial charge in [-0.25, -0.2) is 4.39 Å². The van der Waals surface area contributed by atoms with Crippen LogP contribution in [0.2, 0.25) is 0 Å². The first-order valence-electron chi connectivity index (χ1n) is 11.9. The number of pyridine rings is 1. The first-order valence-corrected chi connectivity index (χ1v) is 12.9. The van der Waals surface area contributed by atoms with E-state index in [1.54, 1.807) is 22.8 Å². The van der Waals surface area contributed by atoms with Gasteiger partial charge in [-0.15, -0.1) is 0 Å². The lowest BCUT2D eigenvalue weighted by atomic mass is 9.96. The van der Waals surface area contributed by atoms with Gasteiger partial charge in [0, 0.05) is 49.8 Å². The quantitative estimate of drug-likeness (QED) is 0.334. The van der Waals surface area contributed by atoms with E-state index in [1.165, 1.54) is 23.9 Å². The molecule has 0 saturated carbocycles. The van der Waals surface area contributed by atoms with Gasteiger partial charge in [-0.05, 0) is 48.2 Å². The highest BCUT2D eigenvalue weighted by atomic mass is 32.2. The second kappa shape index (κ2) is 10.2. The lowest BCUT2D eigenvalue weighted by Crippen LogP contribution is -2.53. The number of carbonyl (C=O) groups excluding carboxylic acids is 1. The summed E-state index contributed by atoms with van der Waals surface area (Å²) in [7, 11) is 0. The molecule has 3 aliphatic rings. The summed E-state index contributed by atoms with van der Waals surface area (Å²) in [5.41, 5.74) is 2.41. The highest BCUT2D eigenvalue weighted by Gasteiger charge is 2.33. The van der Waals surface area contributed by atoms with Crippen LogP contribution in [0.15, 0.2) is 58.1 Å². The normalized spacial score (nSPS) is 26.6. The molecular weight excluding hydrogens is 483 g/mol. The van der Waals surface area contributed by atoms with Gasteiger partial charge in [-0.3, -0.25) is 14.5 Å². The molecule has 36 heavy (non-hydrogen) atoms. The maximum absolute atomic E-state index is 14.8. The molecule has 4 heterocycles. The van der Waals surface area contributed by atoms with Gasteiger partial charge >= 0.3 is 0 Å². The van der Waals surface area contributed by atoms with Gasteiger partial charge in [0.25, 0.3) is 5.56 Å². The van der Waals surface area contributed by atoms with Crippen molar-refractivity contribution in [1.29, 1.82) is 0 Å². The van der Waals surface area contributed by atoms with Crippen LogP contribution in [0, 0.1) is 5.82 Å². The predicted octanol–water partition coefficient (Wildman–Crippen LogP) is 0.838. The number of aromatic nitrogens is 1. The molecule has 0 bridgehead atoms. The Bertz CT molecular complexity index is 1340. The Labute approximate surface area is 211 Å². The summed E-state index contributed by atoms with van der Waals surface area (Å²) in [4.78, 5) is 26.2. The number of thioether (sulfide) groups is 1. The Hall–Kier alpha value is -2.99. The summed E-state index contributed by atoms with van der Waals surface area (Å²) < 4.78 is 16.5. The largest absolute Gasteiger partial charge is 0.390 e. The number of benzene rings is 1. The standard InChI is InChI=1S/C25H29FN6O3S/c1-14(8-19-25(30-27)36-13-21(34)29-19)9-28-18-6-7-31(12-20(18)33)10-16-11-32-22(35)5-3-15-2-4-17(26)23(16)24(15)32/h2-5,8,16,18,20,28,33H,1,6-7,9-13,27H2,(H,29,34)/b19-8+,30-25+/t16?,18-,20+/m0/s1. The lowest BCUT2D eigenvalue weighted by Gasteiger charge is -2.37. The summed E-state index contributed by atoms with van der Waals surface area (Å²) in [6.07, 6.45) is 1.83. The highest BCUT2D eigenvalue weighted by Crippen LogP contribution is 2.35. The second-order valence-corrected chi connectivity index (χ2v) is 10.4. The third-order valence-corrected chi connectivity index (χ3v) is 8.00.